The van der Waals surface area contributed by atoms with Crippen LogP contribution in [0.5, 0.6) is 0 Å². The minimum absolute atomic E-state index is 0. The topological polar surface area (TPSA) is 89.2 Å². The maximum atomic E-state index is 11.7. The van der Waals surface area contributed by atoms with Crippen molar-refractivity contribution in [2.24, 2.45) is 16.6 Å². The fourth-order valence-corrected chi connectivity index (χ4v) is 2.81. The van der Waals surface area contributed by atoms with Gasteiger partial charge in [0.2, 0.25) is 0 Å². The zero-order chi connectivity index (χ0) is 17.9. The van der Waals surface area contributed by atoms with Gasteiger partial charge in [0, 0.05) is 32.3 Å². The Hall–Kier alpha value is -0.770. The van der Waals surface area contributed by atoms with Crippen LogP contribution >= 0.6 is 24.0 Å². The van der Waals surface area contributed by atoms with E-state index in [9.17, 15) is 4.79 Å². The minimum Gasteiger partial charge on any atom is -0.450 e. The highest BCUT2D eigenvalue weighted by Crippen LogP contribution is 2.12. The number of halogens is 1. The van der Waals surface area contributed by atoms with Gasteiger partial charge in [0.15, 0.2) is 5.96 Å². The van der Waals surface area contributed by atoms with Crippen LogP contribution < -0.4 is 11.1 Å². The van der Waals surface area contributed by atoms with Crippen molar-refractivity contribution in [2.75, 3.05) is 32.8 Å². The minimum atomic E-state index is -0.228. The summed E-state index contributed by atoms with van der Waals surface area (Å²) < 4.78 is 10.7. The van der Waals surface area contributed by atoms with Crippen molar-refractivity contribution >= 4 is 36.0 Å². The first-order valence-electron chi connectivity index (χ1n) is 9.07. The van der Waals surface area contributed by atoms with E-state index in [1.165, 1.54) is 0 Å². The van der Waals surface area contributed by atoms with Gasteiger partial charge in [-0.3, -0.25) is 4.99 Å². The third-order valence-electron chi connectivity index (χ3n) is 4.19. The Morgan fingerprint density at radius 3 is 2.44 bits per heavy atom. The van der Waals surface area contributed by atoms with Crippen molar-refractivity contribution in [2.45, 2.75) is 59.1 Å². The summed E-state index contributed by atoms with van der Waals surface area (Å²) in [7, 11) is 0. The standard InChI is InChI=1S/C17H34N4O3.HI/c1-5-23-15(13(3)4)7-10-19-16(18)20-14-8-11-21(12-9-14)17(22)24-6-2;/h13-15H,5-12H2,1-4H3,(H3,18,19,20);1H. The van der Waals surface area contributed by atoms with E-state index in [0.29, 0.717) is 38.1 Å². The largest absolute Gasteiger partial charge is 0.450 e. The quantitative estimate of drug-likeness (QED) is 0.324. The van der Waals surface area contributed by atoms with Crippen LogP contribution in [0.3, 0.4) is 0 Å². The predicted octanol–water partition coefficient (Wildman–Crippen LogP) is 2.58. The molecule has 1 rings (SSSR count). The zero-order valence-electron chi connectivity index (χ0n) is 16.0. The van der Waals surface area contributed by atoms with E-state index >= 15 is 0 Å². The first kappa shape index (κ1) is 24.2. The Balaban J connectivity index is 0.00000576. The monoisotopic (exact) mass is 470 g/mol. The van der Waals surface area contributed by atoms with Crippen LogP contribution in [0.4, 0.5) is 4.79 Å². The van der Waals surface area contributed by atoms with E-state index in [1.54, 1.807) is 4.90 Å². The molecule has 0 saturated carbocycles. The molecule has 1 aliphatic heterocycles. The molecule has 25 heavy (non-hydrogen) atoms. The van der Waals surface area contributed by atoms with Crippen LogP contribution in [-0.4, -0.2) is 61.9 Å². The summed E-state index contributed by atoms with van der Waals surface area (Å²) >= 11 is 0. The molecule has 148 valence electrons. The molecular weight excluding hydrogens is 435 g/mol. The SMILES string of the molecule is CCOC(=O)N1CCC(NC(N)=NCCC(OCC)C(C)C)CC1.I. The number of hydrogen-bond acceptors (Lipinski definition) is 4. The lowest BCUT2D eigenvalue weighted by atomic mass is 10.0. The number of nitrogens with zero attached hydrogens (tertiary/aromatic N) is 2. The van der Waals surface area contributed by atoms with Gasteiger partial charge in [-0.2, -0.15) is 0 Å². The van der Waals surface area contributed by atoms with Crippen molar-refractivity contribution in [1.29, 1.82) is 0 Å². The summed E-state index contributed by atoms with van der Waals surface area (Å²) in [6, 6.07) is 0.257. The van der Waals surface area contributed by atoms with E-state index in [1.807, 2.05) is 13.8 Å². The number of carbonyl (C=O) groups excluding carboxylic acids is 1. The summed E-state index contributed by atoms with van der Waals surface area (Å²) in [4.78, 5) is 17.8. The number of amides is 1. The Morgan fingerprint density at radius 2 is 1.92 bits per heavy atom. The normalized spacial score (nSPS) is 17.2. The molecule has 0 bridgehead atoms. The van der Waals surface area contributed by atoms with Crippen LogP contribution in [0.25, 0.3) is 0 Å². The van der Waals surface area contributed by atoms with Crippen molar-refractivity contribution in [3.8, 4) is 0 Å². The number of ether oxygens (including phenoxy) is 2. The molecule has 1 saturated heterocycles. The van der Waals surface area contributed by atoms with Crippen molar-refractivity contribution < 1.29 is 14.3 Å². The van der Waals surface area contributed by atoms with E-state index in [0.717, 1.165) is 25.9 Å². The Kier molecular flexibility index (Phi) is 13.0. The van der Waals surface area contributed by atoms with Gasteiger partial charge < -0.3 is 25.4 Å². The number of guanidine groups is 1. The number of rotatable bonds is 8. The van der Waals surface area contributed by atoms with Crippen LogP contribution in [0.15, 0.2) is 4.99 Å². The molecule has 1 unspecified atom stereocenters. The van der Waals surface area contributed by atoms with Crippen LogP contribution in [0.1, 0.15) is 47.0 Å². The molecule has 1 atom stereocenters. The molecule has 1 aliphatic rings. The molecule has 0 aliphatic carbocycles. The molecule has 0 aromatic carbocycles. The third kappa shape index (κ3) is 9.48. The summed E-state index contributed by atoms with van der Waals surface area (Å²) in [5.41, 5.74) is 5.98. The molecule has 1 amide bonds. The van der Waals surface area contributed by atoms with Gasteiger partial charge in [0.1, 0.15) is 0 Å². The average Bonchev–Trinajstić information content (AvgIpc) is 2.54. The van der Waals surface area contributed by atoms with E-state index in [-0.39, 0.29) is 42.2 Å². The van der Waals surface area contributed by atoms with Gasteiger partial charge in [-0.15, -0.1) is 24.0 Å². The molecule has 0 radical (unpaired) electrons. The molecule has 0 spiro atoms. The van der Waals surface area contributed by atoms with Gasteiger partial charge in [0.25, 0.3) is 0 Å². The maximum absolute atomic E-state index is 11.7. The fourth-order valence-electron chi connectivity index (χ4n) is 2.81. The fraction of sp³-hybridized carbons (Fsp3) is 0.882. The number of likely N-dealkylation sites (tertiary alicyclic amines) is 1. The summed E-state index contributed by atoms with van der Waals surface area (Å²) in [6.45, 7) is 11.3. The van der Waals surface area contributed by atoms with E-state index in [2.05, 4.69) is 24.2 Å². The van der Waals surface area contributed by atoms with Crippen LogP contribution in [-0.2, 0) is 9.47 Å². The van der Waals surface area contributed by atoms with E-state index in [4.69, 9.17) is 15.2 Å². The molecule has 3 N–H and O–H groups in total. The molecule has 0 aromatic rings. The van der Waals surface area contributed by atoms with Gasteiger partial charge in [-0.25, -0.2) is 4.79 Å². The number of nitrogens with one attached hydrogen (secondary N) is 1. The number of carbonyl (C=O) groups is 1. The van der Waals surface area contributed by atoms with Gasteiger partial charge in [-0.1, -0.05) is 13.8 Å². The molecule has 0 aromatic heterocycles. The molecule has 1 fully saturated rings. The first-order valence-corrected chi connectivity index (χ1v) is 9.07. The van der Waals surface area contributed by atoms with Gasteiger partial charge >= 0.3 is 6.09 Å². The van der Waals surface area contributed by atoms with Crippen LogP contribution in [0.2, 0.25) is 0 Å². The second-order valence-electron chi connectivity index (χ2n) is 6.40. The van der Waals surface area contributed by atoms with E-state index < -0.39 is 0 Å². The van der Waals surface area contributed by atoms with Crippen LogP contribution in [0, 0.1) is 5.92 Å². The first-order chi connectivity index (χ1) is 11.5. The predicted molar refractivity (Wildman–Crippen MR) is 112 cm³/mol. The Labute approximate surface area is 169 Å². The highest BCUT2D eigenvalue weighted by Gasteiger charge is 2.23. The maximum Gasteiger partial charge on any atom is 0.409 e. The van der Waals surface area contributed by atoms with Gasteiger partial charge in [-0.05, 0) is 39.0 Å². The highest BCUT2D eigenvalue weighted by atomic mass is 127. The lowest BCUT2D eigenvalue weighted by Crippen LogP contribution is -2.48. The number of aliphatic imine (C=N–C) groups is 1. The number of nitrogens with two attached hydrogens (primary N) is 1. The second kappa shape index (κ2) is 13.4. The van der Waals surface area contributed by atoms with Crippen molar-refractivity contribution in [1.82, 2.24) is 10.2 Å². The second-order valence-corrected chi connectivity index (χ2v) is 6.40. The molecule has 1 heterocycles. The lowest BCUT2D eigenvalue weighted by molar-refractivity contribution is 0.0266. The smallest absolute Gasteiger partial charge is 0.409 e. The molecule has 7 nitrogen and oxygen atoms in total. The zero-order valence-corrected chi connectivity index (χ0v) is 18.3. The summed E-state index contributed by atoms with van der Waals surface area (Å²) in [5, 5.41) is 3.25. The van der Waals surface area contributed by atoms with Crippen molar-refractivity contribution in [3.63, 3.8) is 0 Å². The van der Waals surface area contributed by atoms with Crippen molar-refractivity contribution in [3.05, 3.63) is 0 Å². The highest BCUT2D eigenvalue weighted by molar-refractivity contribution is 14.0. The Morgan fingerprint density at radius 1 is 1.28 bits per heavy atom. The molecule has 8 heteroatoms. The summed E-state index contributed by atoms with van der Waals surface area (Å²) in [6.07, 6.45) is 2.56. The number of hydrogen-bond donors (Lipinski definition) is 2. The molecular formula is C17H35IN4O3. The Bertz CT molecular complexity index is 399. The third-order valence-corrected chi connectivity index (χ3v) is 4.19. The average molecular weight is 470 g/mol. The lowest BCUT2D eigenvalue weighted by Gasteiger charge is -2.31. The number of piperidine rings is 1. The summed E-state index contributed by atoms with van der Waals surface area (Å²) in [5.74, 6) is 0.949. The van der Waals surface area contributed by atoms with Gasteiger partial charge in [0.05, 0.1) is 12.7 Å².